The van der Waals surface area contributed by atoms with Crippen LogP contribution in [0.1, 0.15) is 82.6 Å². The van der Waals surface area contributed by atoms with E-state index in [4.69, 9.17) is 18.9 Å². The van der Waals surface area contributed by atoms with E-state index >= 15 is 0 Å². The van der Waals surface area contributed by atoms with Crippen LogP contribution >= 0.6 is 0 Å². The van der Waals surface area contributed by atoms with Crippen molar-refractivity contribution in [1.82, 2.24) is 0 Å². The molecule has 45 heavy (non-hydrogen) atoms. The molecule has 3 aromatic rings. The van der Waals surface area contributed by atoms with Crippen LogP contribution in [0, 0.1) is 6.92 Å². The maximum absolute atomic E-state index is 11.0. The Kier molecular flexibility index (Phi) is 16.4. The van der Waals surface area contributed by atoms with Crippen molar-refractivity contribution in [2.45, 2.75) is 84.0 Å². The summed E-state index contributed by atoms with van der Waals surface area (Å²) < 4.78 is 22.1. The van der Waals surface area contributed by atoms with Gasteiger partial charge >= 0.3 is 11.9 Å². The van der Waals surface area contributed by atoms with Crippen LogP contribution in [-0.2, 0) is 19.1 Å². The Morgan fingerprint density at radius 2 is 1.00 bits per heavy atom. The third-order valence-corrected chi connectivity index (χ3v) is 7.76. The van der Waals surface area contributed by atoms with Gasteiger partial charge in [-0.25, -0.2) is 9.59 Å². The van der Waals surface area contributed by atoms with Gasteiger partial charge in [0, 0.05) is 12.2 Å². The van der Waals surface area contributed by atoms with E-state index in [-0.39, 0.29) is 11.9 Å². The van der Waals surface area contributed by atoms with E-state index in [0.29, 0.717) is 26.4 Å². The number of carbonyl (C=O) groups excluding carboxylic acids is 2. The number of aryl methyl sites for hydroxylation is 1. The van der Waals surface area contributed by atoms with Crippen LogP contribution in [0.25, 0.3) is 21.9 Å². The van der Waals surface area contributed by atoms with E-state index in [0.717, 1.165) is 88.5 Å². The average Bonchev–Trinajstić information content (AvgIpc) is 3.05. The second-order valence-corrected chi connectivity index (χ2v) is 11.4. The molecular weight excluding hydrogens is 564 g/mol. The molecule has 3 rings (SSSR count). The van der Waals surface area contributed by atoms with Gasteiger partial charge in [-0.3, -0.25) is 0 Å². The number of rotatable bonds is 23. The third-order valence-electron chi connectivity index (χ3n) is 7.76. The van der Waals surface area contributed by atoms with E-state index < -0.39 is 0 Å². The summed E-state index contributed by atoms with van der Waals surface area (Å²) in [5, 5.41) is 2.36. The first-order valence-electron chi connectivity index (χ1n) is 16.5. The fourth-order valence-corrected chi connectivity index (χ4v) is 5.20. The minimum Gasteiger partial charge on any atom is -0.494 e. The van der Waals surface area contributed by atoms with Crippen molar-refractivity contribution in [1.29, 1.82) is 0 Å². The highest BCUT2D eigenvalue weighted by molar-refractivity contribution is 5.89. The van der Waals surface area contributed by atoms with Crippen molar-refractivity contribution in [3.8, 4) is 22.6 Å². The standard InChI is InChI=1S/C39H50O6/c1-4-38(40)44-26-16-12-8-6-10-14-24-42-35-22-23-37(31(3)28-35)34-19-18-33-30-36(21-20-32(33)29-34)43-25-15-11-7-9-13-17-27-45-39(41)5-2/h4-5,18-23,28-30H,1-2,6-17,24-27H2,3H3. The van der Waals surface area contributed by atoms with Crippen LogP contribution in [-0.4, -0.2) is 38.4 Å². The molecule has 0 amide bonds. The first-order valence-corrected chi connectivity index (χ1v) is 16.5. The number of ether oxygens (including phenoxy) is 4. The predicted octanol–water partition coefficient (Wildman–Crippen LogP) is 9.71. The smallest absolute Gasteiger partial charge is 0.330 e. The largest absolute Gasteiger partial charge is 0.494 e. The van der Waals surface area contributed by atoms with E-state index in [1.165, 1.54) is 39.6 Å². The zero-order valence-corrected chi connectivity index (χ0v) is 27.0. The van der Waals surface area contributed by atoms with Crippen LogP contribution in [0.4, 0.5) is 0 Å². The second kappa shape index (κ2) is 20.8. The van der Waals surface area contributed by atoms with Gasteiger partial charge in [-0.05, 0) is 90.4 Å². The molecule has 242 valence electrons. The van der Waals surface area contributed by atoms with Crippen LogP contribution in [0.2, 0.25) is 0 Å². The number of carbonyl (C=O) groups is 2. The average molecular weight is 615 g/mol. The van der Waals surface area contributed by atoms with E-state index in [2.05, 4.69) is 74.7 Å². The molecule has 0 fully saturated rings. The number of fused-ring (bicyclic) bond motifs is 1. The van der Waals surface area contributed by atoms with Crippen LogP contribution < -0.4 is 9.47 Å². The zero-order valence-electron chi connectivity index (χ0n) is 27.0. The molecule has 6 nitrogen and oxygen atoms in total. The molecule has 3 aromatic carbocycles. The summed E-state index contributed by atoms with van der Waals surface area (Å²) >= 11 is 0. The molecule has 6 heteroatoms. The molecule has 0 saturated carbocycles. The van der Waals surface area contributed by atoms with Crippen molar-refractivity contribution in [3.05, 3.63) is 85.5 Å². The Hall–Kier alpha value is -4.06. The van der Waals surface area contributed by atoms with Gasteiger partial charge in [-0.2, -0.15) is 0 Å². The van der Waals surface area contributed by atoms with Crippen molar-refractivity contribution in [3.63, 3.8) is 0 Å². The van der Waals surface area contributed by atoms with Gasteiger partial charge in [0.15, 0.2) is 0 Å². The van der Waals surface area contributed by atoms with Gasteiger partial charge in [0.2, 0.25) is 0 Å². The summed E-state index contributed by atoms with van der Waals surface area (Å²) in [6.45, 7) is 11.3. The minimum atomic E-state index is -0.345. The number of esters is 2. The minimum absolute atomic E-state index is 0.345. The summed E-state index contributed by atoms with van der Waals surface area (Å²) in [6.07, 6.45) is 15.3. The predicted molar refractivity (Wildman–Crippen MR) is 183 cm³/mol. The molecule has 0 aliphatic carbocycles. The summed E-state index contributed by atoms with van der Waals surface area (Å²) in [7, 11) is 0. The Morgan fingerprint density at radius 3 is 1.53 bits per heavy atom. The quantitative estimate of drug-likeness (QED) is 0.0602. The number of unbranched alkanes of at least 4 members (excludes halogenated alkanes) is 10. The molecule has 0 aliphatic heterocycles. The highest BCUT2D eigenvalue weighted by Crippen LogP contribution is 2.31. The Morgan fingerprint density at radius 1 is 0.556 bits per heavy atom. The lowest BCUT2D eigenvalue weighted by atomic mass is 9.97. The number of hydrogen-bond acceptors (Lipinski definition) is 6. The van der Waals surface area contributed by atoms with Crippen molar-refractivity contribution < 1.29 is 28.5 Å². The number of hydrogen-bond donors (Lipinski definition) is 0. The van der Waals surface area contributed by atoms with Crippen molar-refractivity contribution >= 4 is 22.7 Å². The molecule has 0 atom stereocenters. The zero-order chi connectivity index (χ0) is 32.1. The molecule has 0 saturated heterocycles. The topological polar surface area (TPSA) is 71.1 Å². The second-order valence-electron chi connectivity index (χ2n) is 11.4. The lowest BCUT2D eigenvalue weighted by Crippen LogP contribution is -2.01. The fourth-order valence-electron chi connectivity index (χ4n) is 5.20. The van der Waals surface area contributed by atoms with Crippen LogP contribution in [0.3, 0.4) is 0 Å². The Balaban J connectivity index is 1.33. The highest BCUT2D eigenvalue weighted by Gasteiger charge is 2.07. The third kappa shape index (κ3) is 13.6. The molecule has 0 spiro atoms. The summed E-state index contributed by atoms with van der Waals surface area (Å²) in [4.78, 5) is 22.0. The molecule has 0 heterocycles. The first kappa shape index (κ1) is 35.4. The van der Waals surface area contributed by atoms with Gasteiger partial charge in [-0.1, -0.05) is 88.8 Å². The summed E-state index contributed by atoms with van der Waals surface area (Å²) in [5.74, 6) is 1.13. The fraction of sp³-hybridized carbons (Fsp3) is 0.436. The SMILES string of the molecule is C=CC(=O)OCCCCCCCCOc1ccc(-c2ccc3cc(OCCCCCCCCOC(=O)C=C)ccc3c2)c(C)c1. The lowest BCUT2D eigenvalue weighted by molar-refractivity contribution is -0.138. The maximum Gasteiger partial charge on any atom is 0.330 e. The highest BCUT2D eigenvalue weighted by atomic mass is 16.5. The molecule has 0 bridgehead atoms. The molecule has 0 aliphatic rings. The normalized spacial score (nSPS) is 10.8. The van der Waals surface area contributed by atoms with Gasteiger partial charge in [0.1, 0.15) is 11.5 Å². The monoisotopic (exact) mass is 614 g/mol. The molecule has 0 N–H and O–H groups in total. The van der Waals surface area contributed by atoms with Gasteiger partial charge in [-0.15, -0.1) is 0 Å². The molecule has 0 unspecified atom stereocenters. The van der Waals surface area contributed by atoms with E-state index in [1.54, 1.807) is 0 Å². The van der Waals surface area contributed by atoms with E-state index in [1.807, 2.05) is 0 Å². The van der Waals surface area contributed by atoms with Gasteiger partial charge in [0.25, 0.3) is 0 Å². The van der Waals surface area contributed by atoms with E-state index in [9.17, 15) is 9.59 Å². The van der Waals surface area contributed by atoms with Gasteiger partial charge < -0.3 is 18.9 Å². The van der Waals surface area contributed by atoms with Gasteiger partial charge in [0.05, 0.1) is 26.4 Å². The molecule has 0 aromatic heterocycles. The molecular formula is C39H50O6. The first-order chi connectivity index (χ1) is 22.0. The van der Waals surface area contributed by atoms with Crippen molar-refractivity contribution in [2.24, 2.45) is 0 Å². The Labute approximate surface area is 269 Å². The lowest BCUT2D eigenvalue weighted by Gasteiger charge is -2.12. The molecule has 0 radical (unpaired) electrons. The number of benzene rings is 3. The van der Waals surface area contributed by atoms with Crippen molar-refractivity contribution in [2.75, 3.05) is 26.4 Å². The summed E-state index contributed by atoms with van der Waals surface area (Å²) in [6, 6.07) is 19.2. The Bertz CT molecular complexity index is 1360. The summed E-state index contributed by atoms with van der Waals surface area (Å²) in [5.41, 5.74) is 3.60. The van der Waals surface area contributed by atoms with Crippen LogP contribution in [0.5, 0.6) is 11.5 Å². The van der Waals surface area contributed by atoms with Crippen LogP contribution in [0.15, 0.2) is 79.9 Å². The maximum atomic E-state index is 11.0.